The summed E-state index contributed by atoms with van der Waals surface area (Å²) in [5, 5.41) is 0. The first-order chi connectivity index (χ1) is 6.74. The minimum atomic E-state index is -0.231. The molecule has 4 nitrogen and oxygen atoms in total. The van der Waals surface area contributed by atoms with E-state index < -0.39 is 0 Å². The molecule has 0 aromatic carbocycles. The lowest BCUT2D eigenvalue weighted by Gasteiger charge is -2.22. The van der Waals surface area contributed by atoms with Crippen molar-refractivity contribution in [2.45, 2.75) is 32.2 Å². The van der Waals surface area contributed by atoms with Crippen molar-refractivity contribution in [3.63, 3.8) is 0 Å². The minimum absolute atomic E-state index is 0.00316. The number of amides is 1. The molecule has 0 saturated carbocycles. The third-order valence-electron chi connectivity index (χ3n) is 2.88. The highest BCUT2D eigenvalue weighted by atomic mass is 16.2. The Morgan fingerprint density at radius 1 is 1.64 bits per heavy atom. The lowest BCUT2D eigenvalue weighted by Crippen LogP contribution is -2.42. The number of aldehydes is 1. The molecule has 0 bridgehead atoms. The second-order valence-corrected chi connectivity index (χ2v) is 3.76. The molecule has 0 aromatic heterocycles. The fraction of sp³-hybridized carbons (Fsp3) is 0.800. The van der Waals surface area contributed by atoms with Crippen LogP contribution in [0.4, 0.5) is 0 Å². The molecule has 0 radical (unpaired) electrons. The number of carbonyl (C=O) groups excluding carboxylic acids is 2. The monoisotopic (exact) mass is 198 g/mol. The Labute approximate surface area is 84.4 Å². The van der Waals surface area contributed by atoms with Crippen LogP contribution in [0.2, 0.25) is 0 Å². The lowest BCUT2D eigenvalue weighted by atomic mass is 9.96. The van der Waals surface area contributed by atoms with Gasteiger partial charge in [-0.15, -0.1) is 0 Å². The summed E-state index contributed by atoms with van der Waals surface area (Å²) >= 11 is 0. The van der Waals surface area contributed by atoms with Crippen LogP contribution in [0.15, 0.2) is 0 Å². The zero-order valence-electron chi connectivity index (χ0n) is 8.61. The van der Waals surface area contributed by atoms with E-state index in [0.29, 0.717) is 12.5 Å². The Kier molecular flexibility index (Phi) is 4.07. The summed E-state index contributed by atoms with van der Waals surface area (Å²) in [6.45, 7) is 2.78. The quantitative estimate of drug-likeness (QED) is 0.654. The summed E-state index contributed by atoms with van der Waals surface area (Å²) in [4.78, 5) is 23.9. The maximum absolute atomic E-state index is 11.4. The van der Waals surface area contributed by atoms with Gasteiger partial charge in [0.2, 0.25) is 5.91 Å². The van der Waals surface area contributed by atoms with E-state index in [-0.39, 0.29) is 18.5 Å². The van der Waals surface area contributed by atoms with Gasteiger partial charge in [-0.05, 0) is 18.8 Å². The molecule has 1 amide bonds. The zero-order valence-corrected chi connectivity index (χ0v) is 8.61. The lowest BCUT2D eigenvalue weighted by molar-refractivity contribution is -0.133. The van der Waals surface area contributed by atoms with E-state index in [2.05, 4.69) is 6.92 Å². The summed E-state index contributed by atoms with van der Waals surface area (Å²) in [5.41, 5.74) is 5.28. The SMILES string of the molecule is CCC[C@H]1CCN(C(=O)CN)C1C=O. The molecule has 1 fully saturated rings. The van der Waals surface area contributed by atoms with E-state index >= 15 is 0 Å². The van der Waals surface area contributed by atoms with Crippen LogP contribution in [0.3, 0.4) is 0 Å². The van der Waals surface area contributed by atoms with E-state index in [1.165, 1.54) is 0 Å². The van der Waals surface area contributed by atoms with Crippen LogP contribution < -0.4 is 5.73 Å². The van der Waals surface area contributed by atoms with Gasteiger partial charge in [0.15, 0.2) is 0 Å². The standard InChI is InChI=1S/C10H18N2O2/c1-2-3-8-4-5-12(9(8)7-13)10(14)6-11/h7-9H,2-6,11H2,1H3/t8-,9?/m0/s1. The van der Waals surface area contributed by atoms with Gasteiger partial charge in [0, 0.05) is 6.54 Å². The van der Waals surface area contributed by atoms with Crippen LogP contribution in [0.5, 0.6) is 0 Å². The van der Waals surface area contributed by atoms with Gasteiger partial charge in [-0.2, -0.15) is 0 Å². The van der Waals surface area contributed by atoms with Crippen LogP contribution in [0.25, 0.3) is 0 Å². The molecule has 80 valence electrons. The van der Waals surface area contributed by atoms with Crippen molar-refractivity contribution in [3.05, 3.63) is 0 Å². The van der Waals surface area contributed by atoms with E-state index in [9.17, 15) is 9.59 Å². The molecule has 1 saturated heterocycles. The fourth-order valence-corrected chi connectivity index (χ4v) is 2.16. The molecule has 4 heteroatoms. The average molecular weight is 198 g/mol. The maximum Gasteiger partial charge on any atom is 0.236 e. The maximum atomic E-state index is 11.4. The summed E-state index contributed by atoms with van der Waals surface area (Å²) in [6.07, 6.45) is 3.89. The van der Waals surface area contributed by atoms with E-state index in [0.717, 1.165) is 25.5 Å². The molecule has 2 atom stereocenters. The van der Waals surface area contributed by atoms with Crippen LogP contribution >= 0.6 is 0 Å². The van der Waals surface area contributed by atoms with Crippen molar-refractivity contribution in [1.82, 2.24) is 4.90 Å². The minimum Gasteiger partial charge on any atom is -0.332 e. The molecule has 1 unspecified atom stereocenters. The molecule has 14 heavy (non-hydrogen) atoms. The Balaban J connectivity index is 2.63. The van der Waals surface area contributed by atoms with Crippen molar-refractivity contribution in [2.75, 3.05) is 13.1 Å². The first-order valence-electron chi connectivity index (χ1n) is 5.19. The van der Waals surface area contributed by atoms with Gasteiger partial charge >= 0.3 is 0 Å². The summed E-state index contributed by atoms with van der Waals surface area (Å²) in [5.74, 6) is 0.230. The van der Waals surface area contributed by atoms with E-state index in [1.807, 2.05) is 0 Å². The highest BCUT2D eigenvalue weighted by Gasteiger charge is 2.35. The van der Waals surface area contributed by atoms with Gasteiger partial charge < -0.3 is 15.4 Å². The van der Waals surface area contributed by atoms with Gasteiger partial charge in [0.05, 0.1) is 12.6 Å². The van der Waals surface area contributed by atoms with Crippen LogP contribution in [0, 0.1) is 5.92 Å². The van der Waals surface area contributed by atoms with Crippen molar-refractivity contribution < 1.29 is 9.59 Å². The van der Waals surface area contributed by atoms with Crippen molar-refractivity contribution >= 4 is 12.2 Å². The molecule has 1 aliphatic rings. The summed E-state index contributed by atoms with van der Waals surface area (Å²) in [7, 11) is 0. The molecule has 2 N–H and O–H groups in total. The highest BCUT2D eigenvalue weighted by Crippen LogP contribution is 2.26. The molecule has 1 heterocycles. The third-order valence-corrected chi connectivity index (χ3v) is 2.88. The number of hydrogen-bond donors (Lipinski definition) is 1. The second-order valence-electron chi connectivity index (χ2n) is 3.76. The number of likely N-dealkylation sites (tertiary alicyclic amines) is 1. The largest absolute Gasteiger partial charge is 0.332 e. The number of rotatable bonds is 4. The van der Waals surface area contributed by atoms with Gasteiger partial charge in [0.25, 0.3) is 0 Å². The summed E-state index contributed by atoms with van der Waals surface area (Å²) < 4.78 is 0. The first kappa shape index (κ1) is 11.2. The smallest absolute Gasteiger partial charge is 0.236 e. The van der Waals surface area contributed by atoms with Crippen molar-refractivity contribution in [2.24, 2.45) is 11.7 Å². The van der Waals surface area contributed by atoms with E-state index in [1.54, 1.807) is 4.90 Å². The van der Waals surface area contributed by atoms with Crippen molar-refractivity contribution in [3.8, 4) is 0 Å². The van der Waals surface area contributed by atoms with Crippen LogP contribution in [-0.4, -0.2) is 36.2 Å². The Bertz CT molecular complexity index is 218. The molecule has 1 rings (SSSR count). The topological polar surface area (TPSA) is 63.4 Å². The summed E-state index contributed by atoms with van der Waals surface area (Å²) in [6, 6.07) is -0.231. The van der Waals surface area contributed by atoms with Gasteiger partial charge in [0.1, 0.15) is 6.29 Å². The molecular weight excluding hydrogens is 180 g/mol. The Morgan fingerprint density at radius 2 is 2.36 bits per heavy atom. The highest BCUT2D eigenvalue weighted by molar-refractivity contribution is 5.82. The second kappa shape index (κ2) is 5.10. The number of nitrogens with zero attached hydrogens (tertiary/aromatic N) is 1. The number of nitrogens with two attached hydrogens (primary N) is 1. The molecular formula is C10H18N2O2. The van der Waals surface area contributed by atoms with Gasteiger partial charge in [-0.1, -0.05) is 13.3 Å². The number of carbonyl (C=O) groups is 2. The fourth-order valence-electron chi connectivity index (χ4n) is 2.16. The van der Waals surface area contributed by atoms with Crippen LogP contribution in [-0.2, 0) is 9.59 Å². The van der Waals surface area contributed by atoms with Crippen LogP contribution in [0.1, 0.15) is 26.2 Å². The third kappa shape index (κ3) is 2.12. The van der Waals surface area contributed by atoms with Gasteiger partial charge in [-0.3, -0.25) is 4.79 Å². The predicted molar refractivity (Wildman–Crippen MR) is 53.6 cm³/mol. The number of hydrogen-bond acceptors (Lipinski definition) is 3. The van der Waals surface area contributed by atoms with Gasteiger partial charge in [-0.25, -0.2) is 0 Å². The Hall–Kier alpha value is -0.900. The van der Waals surface area contributed by atoms with E-state index in [4.69, 9.17) is 5.73 Å². The molecule has 1 aliphatic heterocycles. The zero-order chi connectivity index (χ0) is 10.6. The normalized spacial score (nSPS) is 26.6. The molecule has 0 spiro atoms. The predicted octanol–water partition coefficient (Wildman–Crippen LogP) is 0.161. The molecule has 0 aliphatic carbocycles. The van der Waals surface area contributed by atoms with Crippen molar-refractivity contribution in [1.29, 1.82) is 0 Å². The Morgan fingerprint density at radius 3 is 2.86 bits per heavy atom. The molecule has 0 aromatic rings. The first-order valence-corrected chi connectivity index (χ1v) is 5.19. The average Bonchev–Trinajstić information content (AvgIpc) is 2.60.